The third kappa shape index (κ3) is 4.07. The summed E-state index contributed by atoms with van der Waals surface area (Å²) in [5.41, 5.74) is 8.30. The Balaban J connectivity index is 1.38. The van der Waals surface area contributed by atoms with Crippen LogP contribution in [-0.2, 0) is 25.8 Å². The van der Waals surface area contributed by atoms with E-state index >= 15 is 0 Å². The maximum absolute atomic E-state index is 13.1. The number of oxime groups is 1. The number of amides is 2. The normalized spacial score (nSPS) is 19.8. The van der Waals surface area contributed by atoms with Crippen molar-refractivity contribution < 1.29 is 28.9 Å². The molecule has 0 unspecified atom stereocenters. The van der Waals surface area contributed by atoms with Crippen LogP contribution in [0.15, 0.2) is 52.5 Å². The Hall–Kier alpha value is -3.91. The minimum Gasteiger partial charge on any atom is -0.477 e. The summed E-state index contributed by atoms with van der Waals surface area (Å²) in [5, 5.41) is 17.6. The van der Waals surface area contributed by atoms with E-state index in [1.54, 1.807) is 5.38 Å². The van der Waals surface area contributed by atoms with Crippen LogP contribution in [-0.4, -0.2) is 67.2 Å². The Bertz CT molecular complexity index is 1460. The van der Waals surface area contributed by atoms with Crippen LogP contribution < -0.4 is 15.6 Å². The first kappa shape index (κ1) is 23.8. The van der Waals surface area contributed by atoms with E-state index in [2.05, 4.69) is 15.5 Å². The van der Waals surface area contributed by atoms with Gasteiger partial charge in [-0.25, -0.2) is 18.7 Å². The number of thioether (sulfide) groups is 1. The second-order valence-electron chi connectivity index (χ2n) is 8.21. The molecule has 0 radical (unpaired) electrons. The third-order valence-corrected chi connectivity index (χ3v) is 7.89. The largest absolute Gasteiger partial charge is 0.477 e. The van der Waals surface area contributed by atoms with Crippen LogP contribution in [0.25, 0.3) is 5.65 Å². The number of rotatable bonds is 7. The molecule has 2 amide bonds. The van der Waals surface area contributed by atoms with Crippen molar-refractivity contribution in [3.63, 3.8) is 0 Å². The fourth-order valence-corrected chi connectivity index (χ4v) is 6.12. The molecule has 5 rings (SSSR count). The van der Waals surface area contributed by atoms with Crippen LogP contribution in [0.2, 0.25) is 0 Å². The number of carbonyl (C=O) groups excluding carboxylic acids is 2. The minimum absolute atomic E-state index is 0.0493. The molecule has 4 N–H and O–H groups in total. The number of carboxylic acid groups (broad SMARTS) is 1. The van der Waals surface area contributed by atoms with E-state index in [-0.39, 0.29) is 22.2 Å². The van der Waals surface area contributed by atoms with Crippen LogP contribution in [0.3, 0.4) is 0 Å². The van der Waals surface area contributed by atoms with Crippen molar-refractivity contribution in [3.05, 3.63) is 58.6 Å². The number of nitrogens with one attached hydrogen (secondary N) is 1. The molecule has 2 aliphatic heterocycles. The summed E-state index contributed by atoms with van der Waals surface area (Å²) in [5.74, 6) is -1.97. The van der Waals surface area contributed by atoms with Gasteiger partial charge in [0.25, 0.3) is 17.5 Å². The molecule has 36 heavy (non-hydrogen) atoms. The van der Waals surface area contributed by atoms with Crippen molar-refractivity contribution in [3.8, 4) is 0 Å². The van der Waals surface area contributed by atoms with Gasteiger partial charge >= 0.3 is 5.97 Å². The highest BCUT2D eigenvalue weighted by Crippen LogP contribution is 2.40. The zero-order valence-electron chi connectivity index (χ0n) is 19.2. The van der Waals surface area contributed by atoms with Crippen LogP contribution >= 0.6 is 23.1 Å². The van der Waals surface area contributed by atoms with Gasteiger partial charge in [0.05, 0.1) is 6.20 Å². The Kier molecular flexibility index (Phi) is 6.14. The molecule has 5 heterocycles. The first-order valence-corrected chi connectivity index (χ1v) is 12.7. The lowest BCUT2D eigenvalue weighted by Crippen LogP contribution is -2.71. The lowest BCUT2D eigenvalue weighted by Gasteiger charge is -2.49. The maximum Gasteiger partial charge on any atom is 0.352 e. The lowest BCUT2D eigenvalue weighted by atomic mass is 10.0. The maximum atomic E-state index is 13.1. The van der Waals surface area contributed by atoms with E-state index in [9.17, 15) is 19.5 Å². The van der Waals surface area contributed by atoms with Gasteiger partial charge in [-0.05, 0) is 18.6 Å². The number of carboxylic acids is 1. The highest BCUT2D eigenvalue weighted by molar-refractivity contribution is 8.00. The summed E-state index contributed by atoms with van der Waals surface area (Å²) in [6, 6.07) is 3.08. The number of pyridine rings is 1. The lowest BCUT2D eigenvalue weighted by molar-refractivity contribution is -0.662. The van der Waals surface area contributed by atoms with E-state index in [1.807, 2.05) is 46.6 Å². The van der Waals surface area contributed by atoms with Crippen molar-refractivity contribution in [2.24, 2.45) is 5.16 Å². The second-order valence-corrected chi connectivity index (χ2v) is 10.2. The number of hydrogen-bond donors (Lipinski definition) is 3. The van der Waals surface area contributed by atoms with E-state index in [0.717, 1.165) is 22.5 Å². The smallest absolute Gasteiger partial charge is 0.352 e. The predicted octanol–water partition coefficient (Wildman–Crippen LogP) is 0.363. The van der Waals surface area contributed by atoms with E-state index in [4.69, 9.17) is 10.6 Å². The number of hydrogen-bond acceptors (Lipinski definition) is 9. The molecule has 14 heteroatoms. The van der Waals surface area contributed by atoms with Crippen molar-refractivity contribution in [2.75, 3.05) is 18.6 Å². The standard InChI is InChI=1S/C22H21N7O5S2/c1-11-3-4-27-5-6-28(14(27)7-11)8-12-9-35-20-16(19(31)29(20)17(12)21(32)33)25-18(30)15(26-34-2)13-10-36-22(23)24-13/h3-7,10,16,20H,8-9H2,1-2H3,(H3-,23,24,25,30,32,33)/p+1/b26-15-/t16-,20+/m1/s1. The summed E-state index contributed by atoms with van der Waals surface area (Å²) < 4.78 is 3.89. The summed E-state index contributed by atoms with van der Waals surface area (Å²) in [6.07, 6.45) is 5.71. The van der Waals surface area contributed by atoms with Crippen molar-refractivity contribution in [1.29, 1.82) is 0 Å². The number of anilines is 1. The van der Waals surface area contributed by atoms with Gasteiger partial charge in [0.2, 0.25) is 0 Å². The summed E-state index contributed by atoms with van der Waals surface area (Å²) >= 11 is 2.53. The van der Waals surface area contributed by atoms with E-state index < -0.39 is 29.2 Å². The molecule has 3 aromatic rings. The molecular formula is C22H22N7O5S2+. The van der Waals surface area contributed by atoms with Gasteiger partial charge in [-0.2, -0.15) is 0 Å². The third-order valence-electron chi connectivity index (χ3n) is 5.88. The van der Waals surface area contributed by atoms with E-state index in [1.165, 1.54) is 23.8 Å². The number of imidazole rings is 1. The fraction of sp³-hybridized carbons (Fsp3) is 0.273. The Morgan fingerprint density at radius 2 is 2.22 bits per heavy atom. The number of nitrogens with zero attached hydrogens (tertiary/aromatic N) is 5. The van der Waals surface area contributed by atoms with Gasteiger partial charge in [0, 0.05) is 22.8 Å². The first-order chi connectivity index (χ1) is 17.3. The number of aromatic nitrogens is 3. The number of nitrogen functional groups attached to an aromatic ring is 1. The average molecular weight is 529 g/mol. The van der Waals surface area contributed by atoms with Gasteiger partial charge < -0.3 is 21.0 Å². The van der Waals surface area contributed by atoms with E-state index in [0.29, 0.717) is 17.9 Å². The molecule has 2 aliphatic rings. The Morgan fingerprint density at radius 1 is 1.42 bits per heavy atom. The topological polar surface area (TPSA) is 156 Å². The fourth-order valence-electron chi connectivity index (χ4n) is 4.23. The van der Waals surface area contributed by atoms with Gasteiger partial charge in [-0.3, -0.25) is 14.5 Å². The van der Waals surface area contributed by atoms with Gasteiger partial charge in [-0.1, -0.05) is 5.16 Å². The summed E-state index contributed by atoms with van der Waals surface area (Å²) in [6.45, 7) is 2.30. The minimum atomic E-state index is -1.19. The average Bonchev–Trinajstić information content (AvgIpc) is 3.46. The van der Waals surface area contributed by atoms with Crippen molar-refractivity contribution >= 4 is 57.4 Å². The molecule has 186 valence electrons. The number of fused-ring (bicyclic) bond motifs is 2. The van der Waals surface area contributed by atoms with Crippen molar-refractivity contribution in [2.45, 2.75) is 24.9 Å². The number of aryl methyl sites for hydroxylation is 1. The van der Waals surface area contributed by atoms with Crippen LogP contribution in [0.4, 0.5) is 5.13 Å². The van der Waals surface area contributed by atoms with Crippen LogP contribution in [0, 0.1) is 6.92 Å². The van der Waals surface area contributed by atoms with Gasteiger partial charge in [0.15, 0.2) is 10.8 Å². The number of aliphatic carboxylic acids is 1. The molecule has 0 bridgehead atoms. The summed E-state index contributed by atoms with van der Waals surface area (Å²) in [7, 11) is 1.29. The SMILES string of the molecule is CO/N=C(\C(=O)N[C@@H]1C(=O)N2C(C(=O)O)=C(C[n+]3ccn4ccc(C)cc43)CS[C@@H]12)c1csc(N)n1. The highest BCUT2D eigenvalue weighted by atomic mass is 32.2. The summed E-state index contributed by atoms with van der Waals surface area (Å²) in [4.78, 5) is 48.2. The molecule has 1 saturated heterocycles. The molecular weight excluding hydrogens is 506 g/mol. The van der Waals surface area contributed by atoms with Gasteiger partial charge in [-0.15, -0.1) is 23.1 Å². The monoisotopic (exact) mass is 528 g/mol. The predicted molar refractivity (Wildman–Crippen MR) is 132 cm³/mol. The molecule has 0 aliphatic carbocycles. The molecule has 0 saturated carbocycles. The quantitative estimate of drug-likeness (QED) is 0.172. The number of carbonyl (C=O) groups is 3. The van der Waals surface area contributed by atoms with Crippen molar-refractivity contribution in [1.82, 2.24) is 19.6 Å². The zero-order chi connectivity index (χ0) is 25.6. The van der Waals surface area contributed by atoms with Gasteiger partial charge in [0.1, 0.15) is 48.9 Å². The zero-order valence-corrected chi connectivity index (χ0v) is 20.9. The number of β-lactam (4-membered cyclic amide) rings is 1. The highest BCUT2D eigenvalue weighted by Gasteiger charge is 2.54. The molecule has 3 aromatic heterocycles. The van der Waals surface area contributed by atoms with Crippen LogP contribution in [0.5, 0.6) is 0 Å². The molecule has 2 atom stereocenters. The Labute approximate surface area is 213 Å². The molecule has 0 spiro atoms. The van der Waals surface area contributed by atoms with Crippen LogP contribution in [0.1, 0.15) is 11.3 Å². The number of nitrogens with two attached hydrogens (primary N) is 1. The first-order valence-electron chi connectivity index (χ1n) is 10.8. The molecule has 0 aromatic carbocycles. The molecule has 12 nitrogen and oxygen atoms in total. The molecule has 1 fully saturated rings. The Morgan fingerprint density at radius 3 is 2.92 bits per heavy atom. The number of thiazole rings is 1. The second kappa shape index (κ2) is 9.28.